The van der Waals surface area contributed by atoms with E-state index in [9.17, 15) is 14.7 Å². The molecule has 1 aliphatic carbocycles. The fourth-order valence-electron chi connectivity index (χ4n) is 2.06. The lowest BCUT2D eigenvalue weighted by molar-refractivity contribution is 0.0989. The van der Waals surface area contributed by atoms with Crippen molar-refractivity contribution in [3.63, 3.8) is 0 Å². The zero-order valence-electron chi connectivity index (χ0n) is 10.4. The van der Waals surface area contributed by atoms with Crippen LogP contribution in [0, 0.1) is 0 Å². The molecule has 20 heavy (non-hydrogen) atoms. The van der Waals surface area contributed by atoms with Crippen molar-refractivity contribution < 1.29 is 14.7 Å². The fraction of sp³-hybridized carbons (Fsp3) is 0. The van der Waals surface area contributed by atoms with E-state index in [0.29, 0.717) is 4.91 Å². The molecule has 1 N–H and O–H groups in total. The number of phenols is 1. The highest BCUT2D eigenvalue weighted by Crippen LogP contribution is 2.36. The molecule has 0 aromatic heterocycles. The lowest BCUT2D eigenvalue weighted by atomic mass is 9.94. The van der Waals surface area contributed by atoms with Crippen LogP contribution in [0.25, 0.3) is 0 Å². The van der Waals surface area contributed by atoms with E-state index in [1.165, 1.54) is 23.9 Å². The first-order valence-electron chi connectivity index (χ1n) is 6.02. The zero-order chi connectivity index (χ0) is 14.1. The van der Waals surface area contributed by atoms with Crippen LogP contribution < -0.4 is 0 Å². The number of hydrogen-bond acceptors (Lipinski definition) is 4. The maximum Gasteiger partial charge on any atom is 0.204 e. The number of fused-ring (bicyclic) bond motifs is 1. The van der Waals surface area contributed by atoms with Crippen molar-refractivity contribution in [2.75, 3.05) is 0 Å². The highest BCUT2D eigenvalue weighted by atomic mass is 32.2. The van der Waals surface area contributed by atoms with Gasteiger partial charge in [-0.2, -0.15) is 0 Å². The molecule has 98 valence electrons. The van der Waals surface area contributed by atoms with Gasteiger partial charge in [0.05, 0.1) is 10.5 Å². The van der Waals surface area contributed by atoms with E-state index in [0.717, 1.165) is 4.90 Å². The molecule has 0 heterocycles. The van der Waals surface area contributed by atoms with Gasteiger partial charge in [-0.05, 0) is 18.2 Å². The van der Waals surface area contributed by atoms with Crippen molar-refractivity contribution in [2.45, 2.75) is 4.90 Å². The van der Waals surface area contributed by atoms with E-state index in [4.69, 9.17) is 0 Å². The maximum absolute atomic E-state index is 12.4. The molecule has 3 rings (SSSR count). The minimum absolute atomic E-state index is 0.0958. The van der Waals surface area contributed by atoms with Gasteiger partial charge in [0, 0.05) is 16.5 Å². The van der Waals surface area contributed by atoms with Gasteiger partial charge in [0.1, 0.15) is 5.75 Å². The molecule has 0 amide bonds. The summed E-state index contributed by atoms with van der Waals surface area (Å²) in [5.74, 6) is -0.722. The van der Waals surface area contributed by atoms with E-state index >= 15 is 0 Å². The van der Waals surface area contributed by atoms with Crippen LogP contribution in [-0.2, 0) is 0 Å². The van der Waals surface area contributed by atoms with Gasteiger partial charge in [0.15, 0.2) is 5.78 Å². The van der Waals surface area contributed by atoms with E-state index in [-0.39, 0.29) is 28.4 Å². The molecule has 0 aliphatic heterocycles. The van der Waals surface area contributed by atoms with Crippen molar-refractivity contribution in [3.8, 4) is 5.75 Å². The second-order valence-corrected chi connectivity index (χ2v) is 5.43. The summed E-state index contributed by atoms with van der Waals surface area (Å²) < 4.78 is 0. The summed E-state index contributed by atoms with van der Waals surface area (Å²) >= 11 is 1.23. The number of ketones is 2. The van der Waals surface area contributed by atoms with Gasteiger partial charge in [-0.3, -0.25) is 9.59 Å². The second kappa shape index (κ2) is 4.98. The van der Waals surface area contributed by atoms with Gasteiger partial charge in [-0.1, -0.05) is 42.1 Å². The van der Waals surface area contributed by atoms with Gasteiger partial charge >= 0.3 is 0 Å². The van der Waals surface area contributed by atoms with Crippen LogP contribution >= 0.6 is 11.8 Å². The lowest BCUT2D eigenvalue weighted by Crippen LogP contribution is -2.15. The molecule has 1 aliphatic rings. The molecule has 3 nitrogen and oxygen atoms in total. The third kappa shape index (κ3) is 2.14. The van der Waals surface area contributed by atoms with Crippen molar-refractivity contribution >= 4 is 23.3 Å². The van der Waals surface area contributed by atoms with Gasteiger partial charge in [0.2, 0.25) is 5.78 Å². The number of phenolic OH excluding ortho intramolecular Hbond substituents is 1. The van der Waals surface area contributed by atoms with E-state index in [2.05, 4.69) is 0 Å². The van der Waals surface area contributed by atoms with Crippen LogP contribution in [0.15, 0.2) is 64.4 Å². The highest BCUT2D eigenvalue weighted by Gasteiger charge is 2.28. The second-order valence-electron chi connectivity index (χ2n) is 4.32. The van der Waals surface area contributed by atoms with Gasteiger partial charge in [-0.25, -0.2) is 0 Å². The predicted molar refractivity (Wildman–Crippen MR) is 77.1 cm³/mol. The number of carbonyl (C=O) groups is 2. The van der Waals surface area contributed by atoms with Crippen molar-refractivity contribution in [1.29, 1.82) is 0 Å². The Hall–Kier alpha value is -2.33. The van der Waals surface area contributed by atoms with E-state index < -0.39 is 0 Å². The average molecular weight is 282 g/mol. The Morgan fingerprint density at radius 2 is 1.65 bits per heavy atom. The number of thioether (sulfide) groups is 1. The van der Waals surface area contributed by atoms with Gasteiger partial charge in [0.25, 0.3) is 0 Å². The van der Waals surface area contributed by atoms with E-state index in [1.807, 2.05) is 30.3 Å². The first kappa shape index (κ1) is 12.7. The molecular formula is C16H10O3S. The molecule has 0 atom stereocenters. The number of rotatable bonds is 2. The van der Waals surface area contributed by atoms with Crippen molar-refractivity contribution in [2.24, 2.45) is 0 Å². The number of Topliss-reactive ketones (excluding diaryl/α,β-unsaturated/α-hetero) is 1. The first-order chi connectivity index (χ1) is 9.66. The third-order valence-electron chi connectivity index (χ3n) is 2.99. The Balaban J connectivity index is 2.02. The molecule has 0 spiro atoms. The van der Waals surface area contributed by atoms with Crippen molar-refractivity contribution in [3.05, 3.63) is 70.6 Å². The Labute approximate surface area is 119 Å². The topological polar surface area (TPSA) is 54.4 Å². The van der Waals surface area contributed by atoms with E-state index in [1.54, 1.807) is 12.1 Å². The van der Waals surface area contributed by atoms with Crippen LogP contribution in [0.2, 0.25) is 0 Å². The summed E-state index contributed by atoms with van der Waals surface area (Å²) in [6.07, 6.45) is 1.34. The largest absolute Gasteiger partial charge is 0.507 e. The lowest BCUT2D eigenvalue weighted by Gasteiger charge is -2.15. The third-order valence-corrected chi connectivity index (χ3v) is 4.02. The predicted octanol–water partition coefficient (Wildman–Crippen LogP) is 3.45. The molecule has 0 saturated carbocycles. The number of allylic oxidation sites excluding steroid dienone is 2. The number of aromatic hydroxyl groups is 1. The minimum Gasteiger partial charge on any atom is -0.507 e. The monoisotopic (exact) mass is 282 g/mol. The van der Waals surface area contributed by atoms with Crippen LogP contribution in [-0.4, -0.2) is 16.7 Å². The molecule has 0 radical (unpaired) electrons. The molecule has 2 aromatic rings. The number of hydrogen-bond donors (Lipinski definition) is 1. The number of benzene rings is 2. The maximum atomic E-state index is 12.4. The molecule has 2 aromatic carbocycles. The quantitative estimate of drug-likeness (QED) is 0.916. The average Bonchev–Trinajstić information content (AvgIpc) is 2.45. The standard InChI is InChI=1S/C16H10O3S/c17-12-8-4-7-11-13(18)9-14(16(19)15(11)12)20-10-5-2-1-3-6-10/h1-9,17H. The molecule has 4 heteroatoms. The van der Waals surface area contributed by atoms with Gasteiger partial charge < -0.3 is 5.11 Å². The highest BCUT2D eigenvalue weighted by molar-refractivity contribution is 8.04. The molecule has 0 fully saturated rings. The summed E-state index contributed by atoms with van der Waals surface area (Å²) in [5.41, 5.74) is 0.353. The van der Waals surface area contributed by atoms with Crippen LogP contribution in [0.5, 0.6) is 5.75 Å². The Bertz CT molecular complexity index is 733. The summed E-state index contributed by atoms with van der Waals surface area (Å²) in [5, 5.41) is 9.82. The van der Waals surface area contributed by atoms with Gasteiger partial charge in [-0.15, -0.1) is 0 Å². The smallest absolute Gasteiger partial charge is 0.204 e. The SMILES string of the molecule is O=C1C=C(Sc2ccccc2)C(=O)c2c(O)cccc21. The summed E-state index contributed by atoms with van der Waals surface area (Å²) in [6.45, 7) is 0. The summed E-state index contributed by atoms with van der Waals surface area (Å²) in [7, 11) is 0. The van der Waals surface area contributed by atoms with Crippen LogP contribution in [0.3, 0.4) is 0 Å². The normalized spacial score (nSPS) is 13.9. The van der Waals surface area contributed by atoms with Crippen molar-refractivity contribution in [1.82, 2.24) is 0 Å². The summed E-state index contributed by atoms with van der Waals surface area (Å²) in [4.78, 5) is 25.6. The Morgan fingerprint density at radius 3 is 2.40 bits per heavy atom. The Kier molecular flexibility index (Phi) is 3.16. The molecular weight excluding hydrogens is 272 g/mol. The molecule has 0 unspecified atom stereocenters. The summed E-state index contributed by atoms with van der Waals surface area (Å²) in [6, 6.07) is 13.9. The van der Waals surface area contributed by atoms with Crippen LogP contribution in [0.1, 0.15) is 20.7 Å². The zero-order valence-corrected chi connectivity index (χ0v) is 11.2. The minimum atomic E-state index is -0.313. The fourth-order valence-corrected chi connectivity index (χ4v) is 2.97. The van der Waals surface area contributed by atoms with Crippen LogP contribution in [0.4, 0.5) is 0 Å². The first-order valence-corrected chi connectivity index (χ1v) is 6.84. The Morgan fingerprint density at radius 1 is 0.900 bits per heavy atom. The molecule has 0 saturated heterocycles. The number of carbonyl (C=O) groups excluding carboxylic acids is 2. The molecule has 0 bridgehead atoms.